The molecule has 2 rings (SSSR count). The van der Waals surface area contributed by atoms with Crippen molar-refractivity contribution >= 4 is 56.2 Å². The molecule has 5 heteroatoms. The number of rotatable bonds is 2. The molecule has 0 fully saturated rings. The third kappa shape index (κ3) is 2.74. The molecular formula is C13H11BrCl2N2. The van der Waals surface area contributed by atoms with E-state index in [1.165, 1.54) is 0 Å². The van der Waals surface area contributed by atoms with E-state index in [4.69, 9.17) is 28.9 Å². The van der Waals surface area contributed by atoms with E-state index in [9.17, 15) is 0 Å². The summed E-state index contributed by atoms with van der Waals surface area (Å²) in [4.78, 5) is 0. The third-order valence-electron chi connectivity index (χ3n) is 2.55. The number of nitrogens with two attached hydrogens (primary N) is 1. The van der Waals surface area contributed by atoms with Gasteiger partial charge in [-0.1, -0.05) is 35.3 Å². The molecule has 0 spiro atoms. The zero-order valence-electron chi connectivity index (χ0n) is 9.60. The first kappa shape index (κ1) is 13.5. The number of aryl methyl sites for hydroxylation is 1. The molecule has 0 aliphatic carbocycles. The van der Waals surface area contributed by atoms with E-state index in [1.807, 2.05) is 25.1 Å². The van der Waals surface area contributed by atoms with E-state index in [1.54, 1.807) is 12.1 Å². The molecule has 0 amide bonds. The van der Waals surface area contributed by atoms with Gasteiger partial charge in [0.1, 0.15) is 0 Å². The number of anilines is 3. The van der Waals surface area contributed by atoms with Crippen LogP contribution in [0, 0.1) is 6.92 Å². The summed E-state index contributed by atoms with van der Waals surface area (Å²) in [6, 6.07) is 9.30. The first-order chi connectivity index (χ1) is 8.49. The van der Waals surface area contributed by atoms with E-state index in [0.717, 1.165) is 21.4 Å². The molecule has 0 bridgehead atoms. The molecule has 0 aromatic heterocycles. The molecule has 18 heavy (non-hydrogen) atoms. The Hall–Kier alpha value is -0.900. The van der Waals surface area contributed by atoms with Gasteiger partial charge in [0.15, 0.2) is 0 Å². The molecule has 2 nitrogen and oxygen atoms in total. The Labute approximate surface area is 124 Å². The van der Waals surface area contributed by atoms with Gasteiger partial charge >= 0.3 is 0 Å². The van der Waals surface area contributed by atoms with Crippen molar-refractivity contribution in [3.8, 4) is 0 Å². The third-order valence-corrected chi connectivity index (χ3v) is 4.33. The van der Waals surface area contributed by atoms with Crippen molar-refractivity contribution in [3.05, 3.63) is 50.4 Å². The van der Waals surface area contributed by atoms with Crippen LogP contribution in [0.1, 0.15) is 5.56 Å². The van der Waals surface area contributed by atoms with E-state index in [2.05, 4.69) is 21.2 Å². The summed E-state index contributed by atoms with van der Waals surface area (Å²) in [5.41, 5.74) is 9.26. The first-order valence-electron chi connectivity index (χ1n) is 5.25. The number of hydrogen-bond donors (Lipinski definition) is 2. The average molecular weight is 346 g/mol. The van der Waals surface area contributed by atoms with Crippen molar-refractivity contribution < 1.29 is 0 Å². The second kappa shape index (κ2) is 5.39. The molecule has 0 aliphatic heterocycles. The van der Waals surface area contributed by atoms with Crippen molar-refractivity contribution in [2.24, 2.45) is 0 Å². The number of halogens is 3. The lowest BCUT2D eigenvalue weighted by atomic mass is 10.2. The maximum Gasteiger partial charge on any atom is 0.0634 e. The Balaban J connectivity index is 2.40. The Bertz CT molecular complexity index is 600. The van der Waals surface area contributed by atoms with E-state index >= 15 is 0 Å². The zero-order valence-corrected chi connectivity index (χ0v) is 12.7. The molecule has 2 aromatic rings. The van der Waals surface area contributed by atoms with Crippen molar-refractivity contribution in [1.29, 1.82) is 0 Å². The lowest BCUT2D eigenvalue weighted by Gasteiger charge is -2.13. The van der Waals surface area contributed by atoms with Crippen LogP contribution < -0.4 is 11.1 Å². The van der Waals surface area contributed by atoms with Crippen molar-refractivity contribution in [2.45, 2.75) is 6.92 Å². The van der Waals surface area contributed by atoms with Gasteiger partial charge in [-0.15, -0.1) is 0 Å². The van der Waals surface area contributed by atoms with Gasteiger partial charge in [-0.05, 0) is 46.6 Å². The largest absolute Gasteiger partial charge is 0.397 e. The first-order valence-corrected chi connectivity index (χ1v) is 6.80. The van der Waals surface area contributed by atoms with Crippen molar-refractivity contribution in [2.75, 3.05) is 11.1 Å². The van der Waals surface area contributed by atoms with Crippen LogP contribution in [-0.4, -0.2) is 0 Å². The minimum absolute atomic E-state index is 0.447. The fraction of sp³-hybridized carbons (Fsp3) is 0.0769. The summed E-state index contributed by atoms with van der Waals surface area (Å²) in [6.45, 7) is 2.02. The van der Waals surface area contributed by atoms with Gasteiger partial charge in [0, 0.05) is 4.47 Å². The number of benzene rings is 2. The maximum atomic E-state index is 5.98. The summed E-state index contributed by atoms with van der Waals surface area (Å²) in [6.07, 6.45) is 0. The Morgan fingerprint density at radius 1 is 1.11 bits per heavy atom. The predicted molar refractivity (Wildman–Crippen MR) is 83.0 cm³/mol. The standard InChI is InChI=1S/C13H11BrCl2N2/c1-7-3-2-4-11(13(7)14)18-12-6-9(16)8(15)5-10(12)17/h2-6,18H,17H2,1H3. The smallest absolute Gasteiger partial charge is 0.0634 e. The van der Waals surface area contributed by atoms with E-state index < -0.39 is 0 Å². The highest BCUT2D eigenvalue weighted by molar-refractivity contribution is 9.10. The van der Waals surface area contributed by atoms with Gasteiger partial charge in [0.05, 0.1) is 27.1 Å². The molecular weight excluding hydrogens is 335 g/mol. The van der Waals surface area contributed by atoms with Crippen LogP contribution in [-0.2, 0) is 0 Å². The fourth-order valence-electron chi connectivity index (χ4n) is 1.56. The highest BCUT2D eigenvalue weighted by Crippen LogP contribution is 2.35. The van der Waals surface area contributed by atoms with Gasteiger partial charge in [-0.3, -0.25) is 0 Å². The monoisotopic (exact) mass is 344 g/mol. The number of hydrogen-bond acceptors (Lipinski definition) is 2. The van der Waals surface area contributed by atoms with Crippen LogP contribution in [0.3, 0.4) is 0 Å². The lowest BCUT2D eigenvalue weighted by Crippen LogP contribution is -1.97. The summed E-state index contributed by atoms with van der Waals surface area (Å²) in [5.74, 6) is 0. The van der Waals surface area contributed by atoms with E-state index in [-0.39, 0.29) is 0 Å². The Morgan fingerprint density at radius 3 is 2.50 bits per heavy atom. The molecule has 3 N–H and O–H groups in total. The molecule has 0 radical (unpaired) electrons. The van der Waals surface area contributed by atoms with Gasteiger partial charge in [-0.2, -0.15) is 0 Å². The van der Waals surface area contributed by atoms with Crippen LogP contribution in [0.5, 0.6) is 0 Å². The topological polar surface area (TPSA) is 38.0 Å². The molecule has 0 unspecified atom stereocenters. The van der Waals surface area contributed by atoms with Crippen LogP contribution >= 0.6 is 39.1 Å². The lowest BCUT2D eigenvalue weighted by molar-refractivity contribution is 1.41. The Morgan fingerprint density at radius 2 is 1.78 bits per heavy atom. The summed E-state index contributed by atoms with van der Waals surface area (Å²) in [7, 11) is 0. The van der Waals surface area contributed by atoms with Crippen molar-refractivity contribution in [1.82, 2.24) is 0 Å². The molecule has 0 heterocycles. The van der Waals surface area contributed by atoms with Crippen LogP contribution in [0.15, 0.2) is 34.8 Å². The quantitative estimate of drug-likeness (QED) is 0.716. The van der Waals surface area contributed by atoms with E-state index in [0.29, 0.717) is 15.7 Å². The van der Waals surface area contributed by atoms with Gasteiger partial charge in [0.25, 0.3) is 0 Å². The van der Waals surface area contributed by atoms with Gasteiger partial charge < -0.3 is 11.1 Å². The zero-order chi connectivity index (χ0) is 13.3. The summed E-state index contributed by atoms with van der Waals surface area (Å²) >= 11 is 15.4. The molecule has 2 aromatic carbocycles. The number of nitrogen functional groups attached to an aromatic ring is 1. The molecule has 0 saturated carbocycles. The Kier molecular flexibility index (Phi) is 4.05. The van der Waals surface area contributed by atoms with Gasteiger partial charge in [0.2, 0.25) is 0 Å². The normalized spacial score (nSPS) is 10.4. The SMILES string of the molecule is Cc1cccc(Nc2cc(Cl)c(Cl)cc2N)c1Br. The molecule has 0 aliphatic rings. The van der Waals surface area contributed by atoms with Crippen LogP contribution in [0.25, 0.3) is 0 Å². The second-order valence-corrected chi connectivity index (χ2v) is 5.52. The fourth-order valence-corrected chi connectivity index (χ4v) is 2.26. The van der Waals surface area contributed by atoms with Crippen molar-refractivity contribution in [3.63, 3.8) is 0 Å². The highest BCUT2D eigenvalue weighted by Gasteiger charge is 2.08. The minimum atomic E-state index is 0.447. The molecule has 0 atom stereocenters. The summed E-state index contributed by atoms with van der Waals surface area (Å²) in [5, 5.41) is 4.15. The minimum Gasteiger partial charge on any atom is -0.397 e. The highest BCUT2D eigenvalue weighted by atomic mass is 79.9. The van der Waals surface area contributed by atoms with Crippen LogP contribution in [0.2, 0.25) is 10.0 Å². The molecule has 0 saturated heterocycles. The maximum absolute atomic E-state index is 5.98. The van der Waals surface area contributed by atoms with Crippen LogP contribution in [0.4, 0.5) is 17.1 Å². The molecule has 94 valence electrons. The second-order valence-electron chi connectivity index (χ2n) is 3.92. The number of nitrogens with one attached hydrogen (secondary N) is 1. The predicted octanol–water partition coefficient (Wildman–Crippen LogP) is 5.39. The van der Waals surface area contributed by atoms with Gasteiger partial charge in [-0.25, -0.2) is 0 Å². The summed E-state index contributed by atoms with van der Waals surface area (Å²) < 4.78 is 0.996. The average Bonchev–Trinajstić information content (AvgIpc) is 2.32.